The van der Waals surface area contributed by atoms with Crippen LogP contribution >= 0.6 is 11.8 Å². The number of hydrogen-bond donors (Lipinski definition) is 1. The lowest BCUT2D eigenvalue weighted by Crippen LogP contribution is -2.13. The first-order valence-electron chi connectivity index (χ1n) is 7.28. The Morgan fingerprint density at radius 1 is 1.15 bits per heavy atom. The van der Waals surface area contributed by atoms with E-state index in [2.05, 4.69) is 15.5 Å². The molecule has 0 saturated heterocycles. The molecule has 0 aliphatic carbocycles. The Balaban J connectivity index is 1.54. The van der Waals surface area contributed by atoms with Gasteiger partial charge in [-0.2, -0.15) is 0 Å². The smallest absolute Gasteiger partial charge is 0.277 e. The standard InChI is InChI=1S/C16H11FN4O4S/c17-11-3-1-10(2-4-11)15-19-20-16(25-15)26-9-14(22)18-12-5-7-13(8-6-12)21(23)24/h1-8H,9H2,(H,18,22). The number of non-ortho nitro benzene ring substituents is 1. The molecule has 0 aliphatic heterocycles. The number of carbonyl (C=O) groups is 1. The van der Waals surface area contributed by atoms with Crippen LogP contribution in [0.3, 0.4) is 0 Å². The normalized spacial score (nSPS) is 10.5. The summed E-state index contributed by atoms with van der Waals surface area (Å²) in [5, 5.41) is 21.1. The quantitative estimate of drug-likeness (QED) is 0.399. The van der Waals surface area contributed by atoms with Crippen LogP contribution in [0.2, 0.25) is 0 Å². The van der Waals surface area contributed by atoms with E-state index >= 15 is 0 Å². The molecule has 0 fully saturated rings. The zero-order valence-electron chi connectivity index (χ0n) is 13.1. The minimum absolute atomic E-state index is 0.0159. The third kappa shape index (κ3) is 4.42. The van der Waals surface area contributed by atoms with E-state index in [1.807, 2.05) is 0 Å². The van der Waals surface area contributed by atoms with E-state index in [9.17, 15) is 19.3 Å². The van der Waals surface area contributed by atoms with Gasteiger partial charge in [0.25, 0.3) is 10.9 Å². The Hall–Kier alpha value is -3.27. The highest BCUT2D eigenvalue weighted by Crippen LogP contribution is 2.23. The van der Waals surface area contributed by atoms with Gasteiger partial charge in [0.05, 0.1) is 10.7 Å². The zero-order chi connectivity index (χ0) is 18.5. The highest BCUT2D eigenvalue weighted by molar-refractivity contribution is 7.99. The Morgan fingerprint density at radius 3 is 2.50 bits per heavy atom. The molecule has 8 nitrogen and oxygen atoms in total. The van der Waals surface area contributed by atoms with Crippen LogP contribution in [-0.4, -0.2) is 26.8 Å². The number of halogens is 1. The van der Waals surface area contributed by atoms with E-state index in [-0.39, 0.29) is 34.3 Å². The number of benzene rings is 2. The van der Waals surface area contributed by atoms with Gasteiger partial charge in [-0.1, -0.05) is 11.8 Å². The molecule has 1 aromatic heterocycles. The largest absolute Gasteiger partial charge is 0.411 e. The van der Waals surface area contributed by atoms with Crippen LogP contribution in [0.4, 0.5) is 15.8 Å². The number of nitrogens with zero attached hydrogens (tertiary/aromatic N) is 3. The van der Waals surface area contributed by atoms with Gasteiger partial charge >= 0.3 is 0 Å². The molecular formula is C16H11FN4O4S. The molecule has 132 valence electrons. The lowest BCUT2D eigenvalue weighted by molar-refractivity contribution is -0.384. The fourth-order valence-corrected chi connectivity index (χ4v) is 2.53. The van der Waals surface area contributed by atoms with Crippen molar-refractivity contribution in [1.29, 1.82) is 0 Å². The average Bonchev–Trinajstić information content (AvgIpc) is 3.10. The molecule has 1 N–H and O–H groups in total. The molecule has 0 unspecified atom stereocenters. The van der Waals surface area contributed by atoms with Crippen molar-refractivity contribution in [2.45, 2.75) is 5.22 Å². The highest BCUT2D eigenvalue weighted by atomic mass is 32.2. The Morgan fingerprint density at radius 2 is 1.85 bits per heavy atom. The summed E-state index contributed by atoms with van der Waals surface area (Å²) in [4.78, 5) is 22.0. The zero-order valence-corrected chi connectivity index (χ0v) is 13.9. The van der Waals surface area contributed by atoms with E-state index in [1.54, 1.807) is 0 Å². The molecule has 0 spiro atoms. The maximum absolute atomic E-state index is 12.9. The molecule has 0 atom stereocenters. The second-order valence-corrected chi connectivity index (χ2v) is 5.95. The molecular weight excluding hydrogens is 363 g/mol. The Kier molecular flexibility index (Phi) is 5.23. The SMILES string of the molecule is O=C(CSc1nnc(-c2ccc(F)cc2)o1)Nc1ccc([N+](=O)[O-])cc1. The Labute approximate surface area is 150 Å². The van der Waals surface area contributed by atoms with Gasteiger partial charge in [-0.25, -0.2) is 4.39 Å². The molecule has 26 heavy (non-hydrogen) atoms. The van der Waals surface area contributed by atoms with Crippen LogP contribution in [0.15, 0.2) is 58.2 Å². The lowest BCUT2D eigenvalue weighted by atomic mass is 10.2. The van der Waals surface area contributed by atoms with E-state index in [4.69, 9.17) is 4.42 Å². The molecule has 10 heteroatoms. The van der Waals surface area contributed by atoms with E-state index in [0.29, 0.717) is 11.3 Å². The first-order valence-corrected chi connectivity index (χ1v) is 8.26. The molecule has 1 heterocycles. The monoisotopic (exact) mass is 374 g/mol. The van der Waals surface area contributed by atoms with Gasteiger partial charge in [-0.15, -0.1) is 10.2 Å². The summed E-state index contributed by atoms with van der Waals surface area (Å²) in [5.74, 6) is -0.457. The van der Waals surface area contributed by atoms with Gasteiger partial charge in [0.2, 0.25) is 11.8 Å². The number of nitro groups is 1. The van der Waals surface area contributed by atoms with E-state index in [0.717, 1.165) is 11.8 Å². The van der Waals surface area contributed by atoms with Crippen molar-refractivity contribution in [3.8, 4) is 11.5 Å². The summed E-state index contributed by atoms with van der Waals surface area (Å²) in [6.07, 6.45) is 0. The van der Waals surface area contributed by atoms with Gasteiger partial charge < -0.3 is 9.73 Å². The highest BCUT2D eigenvalue weighted by Gasteiger charge is 2.12. The van der Waals surface area contributed by atoms with Gasteiger partial charge in [0, 0.05) is 23.4 Å². The molecule has 2 aromatic carbocycles. The summed E-state index contributed by atoms with van der Waals surface area (Å²) in [6, 6.07) is 11.1. The first kappa shape index (κ1) is 17.5. The van der Waals surface area contributed by atoms with Crippen molar-refractivity contribution >= 4 is 29.0 Å². The average molecular weight is 374 g/mol. The van der Waals surface area contributed by atoms with E-state index in [1.165, 1.54) is 48.5 Å². The number of hydrogen-bond acceptors (Lipinski definition) is 7. The molecule has 0 bridgehead atoms. The number of aromatic nitrogens is 2. The van der Waals surface area contributed by atoms with Crippen molar-refractivity contribution in [2.75, 3.05) is 11.1 Å². The summed E-state index contributed by atoms with van der Waals surface area (Å²) >= 11 is 1.04. The van der Waals surface area contributed by atoms with Crippen molar-refractivity contribution < 1.29 is 18.5 Å². The fourth-order valence-electron chi connectivity index (χ4n) is 1.97. The number of nitrogens with one attached hydrogen (secondary N) is 1. The number of anilines is 1. The van der Waals surface area contributed by atoms with Crippen LogP contribution in [0.1, 0.15) is 0 Å². The number of nitro benzene ring substituents is 1. The molecule has 1 amide bonds. The summed E-state index contributed by atoms with van der Waals surface area (Å²) < 4.78 is 18.3. The second-order valence-electron chi connectivity index (χ2n) is 5.02. The van der Waals surface area contributed by atoms with Gasteiger partial charge in [0.1, 0.15) is 5.82 Å². The van der Waals surface area contributed by atoms with Gasteiger partial charge in [-0.3, -0.25) is 14.9 Å². The molecule has 3 aromatic rings. The predicted octanol–water partition coefficient (Wildman–Crippen LogP) is 3.51. The number of thioether (sulfide) groups is 1. The molecule has 0 saturated carbocycles. The first-order chi connectivity index (χ1) is 12.5. The maximum atomic E-state index is 12.9. The van der Waals surface area contributed by atoms with Crippen molar-refractivity contribution in [1.82, 2.24) is 10.2 Å². The third-order valence-electron chi connectivity index (χ3n) is 3.19. The van der Waals surface area contributed by atoms with Crippen LogP contribution in [0.5, 0.6) is 0 Å². The van der Waals surface area contributed by atoms with Crippen LogP contribution < -0.4 is 5.32 Å². The molecule has 0 radical (unpaired) electrons. The summed E-state index contributed by atoms with van der Waals surface area (Å²) in [5.41, 5.74) is 0.955. The summed E-state index contributed by atoms with van der Waals surface area (Å²) in [6.45, 7) is 0. The fraction of sp³-hybridized carbons (Fsp3) is 0.0625. The van der Waals surface area contributed by atoms with Crippen LogP contribution in [0.25, 0.3) is 11.5 Å². The number of amides is 1. The van der Waals surface area contributed by atoms with Crippen LogP contribution in [-0.2, 0) is 4.79 Å². The Bertz CT molecular complexity index is 928. The maximum Gasteiger partial charge on any atom is 0.277 e. The summed E-state index contributed by atoms with van der Waals surface area (Å²) in [7, 11) is 0. The lowest BCUT2D eigenvalue weighted by Gasteiger charge is -2.03. The topological polar surface area (TPSA) is 111 Å². The number of rotatable bonds is 6. The minimum Gasteiger partial charge on any atom is -0.411 e. The third-order valence-corrected chi connectivity index (χ3v) is 4.00. The van der Waals surface area contributed by atoms with Crippen molar-refractivity contribution in [2.24, 2.45) is 0 Å². The predicted molar refractivity (Wildman–Crippen MR) is 92.1 cm³/mol. The second kappa shape index (κ2) is 7.74. The molecule has 0 aliphatic rings. The van der Waals surface area contributed by atoms with Crippen molar-refractivity contribution in [3.05, 3.63) is 64.5 Å². The van der Waals surface area contributed by atoms with Crippen LogP contribution in [0, 0.1) is 15.9 Å². The van der Waals surface area contributed by atoms with Crippen molar-refractivity contribution in [3.63, 3.8) is 0 Å². The molecule has 3 rings (SSSR count). The van der Waals surface area contributed by atoms with Gasteiger partial charge in [0.15, 0.2) is 0 Å². The van der Waals surface area contributed by atoms with E-state index < -0.39 is 4.92 Å². The number of carbonyl (C=O) groups excluding carboxylic acids is 1. The van der Waals surface area contributed by atoms with Gasteiger partial charge in [-0.05, 0) is 36.4 Å². The minimum atomic E-state index is -0.518.